The number of amides is 1. The molecule has 1 unspecified atom stereocenters. The average molecular weight is 488 g/mol. The van der Waals surface area contributed by atoms with Gasteiger partial charge in [-0.05, 0) is 44.2 Å². The molecule has 0 radical (unpaired) electrons. The van der Waals surface area contributed by atoms with Crippen molar-refractivity contribution >= 4 is 29.6 Å². The minimum absolute atomic E-state index is 0.150. The van der Waals surface area contributed by atoms with Gasteiger partial charge in [0.05, 0.1) is 13.2 Å². The summed E-state index contributed by atoms with van der Waals surface area (Å²) >= 11 is 0. The van der Waals surface area contributed by atoms with Crippen LogP contribution in [-0.2, 0) is 0 Å². The summed E-state index contributed by atoms with van der Waals surface area (Å²) in [6.45, 7) is 0.930. The zero-order valence-electron chi connectivity index (χ0n) is 20.1. The summed E-state index contributed by atoms with van der Waals surface area (Å²) in [4.78, 5) is 26.6. The van der Waals surface area contributed by atoms with E-state index in [0.717, 1.165) is 44.9 Å². The first-order chi connectivity index (χ1) is 17.0. The summed E-state index contributed by atoms with van der Waals surface area (Å²) in [5.74, 6) is 0.697. The van der Waals surface area contributed by atoms with Crippen molar-refractivity contribution in [3.8, 4) is 5.75 Å². The Bertz CT molecular complexity index is 1000. The minimum Gasteiger partial charge on any atom is -0.494 e. The normalized spacial score (nSPS) is 19.0. The number of aromatic nitrogens is 3. The highest BCUT2D eigenvalue weighted by Crippen LogP contribution is 2.25. The van der Waals surface area contributed by atoms with E-state index in [9.17, 15) is 14.3 Å². The molecule has 35 heavy (non-hydrogen) atoms. The second kappa shape index (κ2) is 11.9. The SMILES string of the molecule is COc1ccc(Nc2nc(NCC3CCCCN3C(=O)O)nc(NC3CCCCCC3)n2)cc1F. The molecule has 2 aromatic rings. The molecule has 4 N–H and O–H groups in total. The molecule has 1 amide bonds. The van der Waals surface area contributed by atoms with Gasteiger partial charge in [-0.25, -0.2) is 9.18 Å². The molecule has 10 nitrogen and oxygen atoms in total. The van der Waals surface area contributed by atoms with Gasteiger partial charge < -0.3 is 30.7 Å². The number of carboxylic acid groups (broad SMARTS) is 1. The van der Waals surface area contributed by atoms with Gasteiger partial charge in [0.1, 0.15) is 0 Å². The number of likely N-dealkylation sites (tertiary alicyclic amines) is 1. The van der Waals surface area contributed by atoms with Crippen LogP contribution in [0.4, 0.5) is 32.7 Å². The van der Waals surface area contributed by atoms with E-state index in [0.29, 0.717) is 30.7 Å². The smallest absolute Gasteiger partial charge is 0.407 e. The average Bonchev–Trinajstić information content (AvgIpc) is 3.11. The monoisotopic (exact) mass is 487 g/mol. The van der Waals surface area contributed by atoms with E-state index < -0.39 is 11.9 Å². The predicted octanol–water partition coefficient (Wildman–Crippen LogP) is 4.84. The molecule has 4 rings (SSSR count). The molecule has 2 fully saturated rings. The topological polar surface area (TPSA) is 125 Å². The number of nitrogens with one attached hydrogen (secondary N) is 3. The molecule has 1 saturated carbocycles. The van der Waals surface area contributed by atoms with Crippen molar-refractivity contribution in [2.45, 2.75) is 69.9 Å². The van der Waals surface area contributed by atoms with E-state index in [4.69, 9.17) is 4.74 Å². The van der Waals surface area contributed by atoms with E-state index in [-0.39, 0.29) is 23.8 Å². The molecule has 1 aliphatic carbocycles. The van der Waals surface area contributed by atoms with Gasteiger partial charge in [0.15, 0.2) is 11.6 Å². The van der Waals surface area contributed by atoms with Gasteiger partial charge in [0.25, 0.3) is 0 Å². The Balaban J connectivity index is 1.53. The fourth-order valence-corrected chi connectivity index (χ4v) is 4.73. The molecule has 0 bridgehead atoms. The molecule has 1 aromatic carbocycles. The number of ether oxygens (including phenoxy) is 1. The number of halogens is 1. The number of piperidine rings is 1. The molecule has 11 heteroatoms. The molecule has 0 spiro atoms. The molecule has 1 saturated heterocycles. The molecule has 1 aliphatic heterocycles. The molecule has 2 aliphatic rings. The maximum absolute atomic E-state index is 14.2. The van der Waals surface area contributed by atoms with Crippen LogP contribution in [0.2, 0.25) is 0 Å². The van der Waals surface area contributed by atoms with Crippen molar-refractivity contribution in [2.75, 3.05) is 36.1 Å². The highest BCUT2D eigenvalue weighted by molar-refractivity contribution is 5.65. The Morgan fingerprint density at radius 1 is 1.06 bits per heavy atom. The van der Waals surface area contributed by atoms with Gasteiger partial charge in [0, 0.05) is 30.9 Å². The van der Waals surface area contributed by atoms with Crippen molar-refractivity contribution < 1.29 is 19.0 Å². The van der Waals surface area contributed by atoms with Crippen LogP contribution in [0.3, 0.4) is 0 Å². The predicted molar refractivity (Wildman–Crippen MR) is 132 cm³/mol. The second-order valence-corrected chi connectivity index (χ2v) is 9.12. The zero-order chi connectivity index (χ0) is 24.6. The zero-order valence-corrected chi connectivity index (χ0v) is 20.1. The number of hydrogen-bond donors (Lipinski definition) is 4. The fourth-order valence-electron chi connectivity index (χ4n) is 4.73. The quantitative estimate of drug-likeness (QED) is 0.387. The van der Waals surface area contributed by atoms with Crippen LogP contribution in [0.1, 0.15) is 57.8 Å². The lowest BCUT2D eigenvalue weighted by molar-refractivity contribution is 0.110. The number of nitrogens with zero attached hydrogens (tertiary/aromatic N) is 4. The number of rotatable bonds is 8. The highest BCUT2D eigenvalue weighted by Gasteiger charge is 2.26. The van der Waals surface area contributed by atoms with E-state index in [1.54, 1.807) is 6.07 Å². The largest absolute Gasteiger partial charge is 0.494 e. The third-order valence-corrected chi connectivity index (χ3v) is 6.60. The van der Waals surface area contributed by atoms with Crippen molar-refractivity contribution in [1.29, 1.82) is 0 Å². The molecular weight excluding hydrogens is 453 g/mol. The van der Waals surface area contributed by atoms with Crippen LogP contribution in [0, 0.1) is 5.82 Å². The molecular formula is C24H34FN7O3. The van der Waals surface area contributed by atoms with Crippen LogP contribution in [-0.4, -0.2) is 63.3 Å². The summed E-state index contributed by atoms with van der Waals surface area (Å²) in [6, 6.07) is 4.67. The lowest BCUT2D eigenvalue weighted by Crippen LogP contribution is -2.46. The minimum atomic E-state index is -0.910. The van der Waals surface area contributed by atoms with Crippen molar-refractivity contribution in [3.63, 3.8) is 0 Å². The third kappa shape index (κ3) is 6.83. The Labute approximate surface area is 204 Å². The Morgan fingerprint density at radius 3 is 2.49 bits per heavy atom. The maximum Gasteiger partial charge on any atom is 0.407 e. The summed E-state index contributed by atoms with van der Waals surface area (Å²) in [7, 11) is 1.42. The summed E-state index contributed by atoms with van der Waals surface area (Å²) in [6.07, 6.45) is 8.63. The number of benzene rings is 1. The van der Waals surface area contributed by atoms with Gasteiger partial charge in [-0.2, -0.15) is 15.0 Å². The van der Waals surface area contributed by atoms with Crippen molar-refractivity contribution in [1.82, 2.24) is 19.9 Å². The third-order valence-electron chi connectivity index (χ3n) is 6.60. The van der Waals surface area contributed by atoms with Crippen LogP contribution < -0.4 is 20.7 Å². The first kappa shape index (κ1) is 24.7. The van der Waals surface area contributed by atoms with Gasteiger partial charge in [-0.3, -0.25) is 0 Å². The second-order valence-electron chi connectivity index (χ2n) is 9.12. The molecule has 190 valence electrons. The van der Waals surface area contributed by atoms with Crippen LogP contribution in [0.15, 0.2) is 18.2 Å². The van der Waals surface area contributed by atoms with Crippen molar-refractivity contribution in [2.24, 2.45) is 0 Å². The number of hydrogen-bond acceptors (Lipinski definition) is 8. The van der Waals surface area contributed by atoms with Crippen LogP contribution in [0.5, 0.6) is 5.75 Å². The lowest BCUT2D eigenvalue weighted by Gasteiger charge is -2.33. The van der Waals surface area contributed by atoms with Crippen LogP contribution >= 0.6 is 0 Å². The van der Waals surface area contributed by atoms with Gasteiger partial charge in [-0.1, -0.05) is 25.7 Å². The van der Waals surface area contributed by atoms with Gasteiger partial charge in [-0.15, -0.1) is 0 Å². The molecule has 1 aromatic heterocycles. The summed E-state index contributed by atoms with van der Waals surface area (Å²) in [5, 5.41) is 19.2. The number of methoxy groups -OCH3 is 1. The van der Waals surface area contributed by atoms with E-state index >= 15 is 0 Å². The lowest BCUT2D eigenvalue weighted by atomic mass is 10.0. The first-order valence-electron chi connectivity index (χ1n) is 12.4. The summed E-state index contributed by atoms with van der Waals surface area (Å²) in [5.41, 5.74) is 0.477. The standard InChI is InChI=1S/C24H34FN7O3/c1-35-20-12-11-17(14-19(20)25)28-23-30-21(26-15-18-10-6-7-13-32(18)24(33)34)29-22(31-23)27-16-8-4-2-3-5-9-16/h11-12,14,16,18H,2-10,13,15H2,1H3,(H,33,34)(H3,26,27,28,29,30,31). The number of carbonyl (C=O) groups is 1. The Morgan fingerprint density at radius 2 is 1.77 bits per heavy atom. The maximum atomic E-state index is 14.2. The van der Waals surface area contributed by atoms with E-state index in [2.05, 4.69) is 30.9 Å². The van der Waals surface area contributed by atoms with Crippen molar-refractivity contribution in [3.05, 3.63) is 24.0 Å². The first-order valence-corrected chi connectivity index (χ1v) is 12.4. The van der Waals surface area contributed by atoms with Gasteiger partial charge in [0.2, 0.25) is 17.8 Å². The highest BCUT2D eigenvalue weighted by atomic mass is 19.1. The Kier molecular flexibility index (Phi) is 8.38. The molecule has 1 atom stereocenters. The van der Waals surface area contributed by atoms with E-state index in [1.807, 2.05) is 0 Å². The fraction of sp³-hybridized carbons (Fsp3) is 0.583. The van der Waals surface area contributed by atoms with E-state index in [1.165, 1.54) is 37.0 Å². The van der Waals surface area contributed by atoms with Crippen LogP contribution in [0.25, 0.3) is 0 Å². The van der Waals surface area contributed by atoms with Gasteiger partial charge >= 0.3 is 6.09 Å². The number of anilines is 4. The summed E-state index contributed by atoms with van der Waals surface area (Å²) < 4.78 is 19.2. The molecule has 2 heterocycles. The Hall–Kier alpha value is -3.37.